The molecule has 12 heavy (non-hydrogen) atoms. The third-order valence-corrected chi connectivity index (χ3v) is 1.69. The van der Waals surface area contributed by atoms with Crippen molar-refractivity contribution in [3.8, 4) is 0 Å². The summed E-state index contributed by atoms with van der Waals surface area (Å²) in [5.41, 5.74) is 7.44. The molecule has 2 heteroatoms. The Labute approximate surface area is 74.7 Å². The van der Waals surface area contributed by atoms with E-state index in [1.807, 2.05) is 19.1 Å². The molecule has 68 valence electrons. The van der Waals surface area contributed by atoms with E-state index >= 15 is 0 Å². The van der Waals surface area contributed by atoms with E-state index in [4.69, 9.17) is 11.1 Å². The molecule has 2 nitrogen and oxygen atoms in total. The van der Waals surface area contributed by atoms with Crippen molar-refractivity contribution in [1.82, 2.24) is 0 Å². The molecule has 0 aromatic heterocycles. The van der Waals surface area contributed by atoms with Gasteiger partial charge in [-0.25, -0.2) is 0 Å². The van der Waals surface area contributed by atoms with Crippen molar-refractivity contribution >= 4 is 5.84 Å². The van der Waals surface area contributed by atoms with E-state index in [2.05, 4.69) is 13.8 Å². The van der Waals surface area contributed by atoms with Gasteiger partial charge in [0.25, 0.3) is 0 Å². The molecule has 0 amide bonds. The molecule has 0 rings (SSSR count). The first kappa shape index (κ1) is 11.0. The Kier molecular flexibility index (Phi) is 5.09. The van der Waals surface area contributed by atoms with Crippen LogP contribution in [-0.2, 0) is 0 Å². The van der Waals surface area contributed by atoms with E-state index in [9.17, 15) is 0 Å². The third kappa shape index (κ3) is 4.72. The Morgan fingerprint density at radius 3 is 2.33 bits per heavy atom. The van der Waals surface area contributed by atoms with Gasteiger partial charge in [-0.05, 0) is 25.8 Å². The maximum atomic E-state index is 7.13. The van der Waals surface area contributed by atoms with Crippen LogP contribution in [0.1, 0.15) is 33.6 Å². The number of hydrogen-bond acceptors (Lipinski definition) is 1. The quantitative estimate of drug-likeness (QED) is 0.376. The lowest BCUT2D eigenvalue weighted by molar-refractivity contribution is 0.905. The van der Waals surface area contributed by atoms with Gasteiger partial charge in [-0.2, -0.15) is 0 Å². The molecule has 0 saturated heterocycles. The van der Waals surface area contributed by atoms with Crippen molar-refractivity contribution in [2.24, 2.45) is 5.73 Å². The lowest BCUT2D eigenvalue weighted by Gasteiger charge is -1.96. The highest BCUT2D eigenvalue weighted by molar-refractivity contribution is 5.93. The molecule has 0 heterocycles. The van der Waals surface area contributed by atoms with Crippen LogP contribution >= 0.6 is 0 Å². The van der Waals surface area contributed by atoms with E-state index in [0.717, 1.165) is 18.4 Å². The number of amidine groups is 1. The van der Waals surface area contributed by atoms with Crippen molar-refractivity contribution in [3.63, 3.8) is 0 Å². The predicted molar refractivity (Wildman–Crippen MR) is 54.3 cm³/mol. The number of hydrogen-bond donors (Lipinski definition) is 2. The molecule has 0 saturated carbocycles. The summed E-state index contributed by atoms with van der Waals surface area (Å²) in [6, 6.07) is 0. The van der Waals surface area contributed by atoms with Crippen LogP contribution in [0.25, 0.3) is 0 Å². The summed E-state index contributed by atoms with van der Waals surface area (Å²) in [6.07, 6.45) is 6.20. The summed E-state index contributed by atoms with van der Waals surface area (Å²) >= 11 is 0. The van der Waals surface area contributed by atoms with Crippen LogP contribution in [0, 0.1) is 5.41 Å². The highest BCUT2D eigenvalue weighted by atomic mass is 14.7. The second kappa shape index (κ2) is 5.58. The van der Waals surface area contributed by atoms with Gasteiger partial charge in [0.05, 0.1) is 0 Å². The minimum atomic E-state index is 0.149. The number of allylic oxidation sites excluding steroid dienone is 3. The van der Waals surface area contributed by atoms with Gasteiger partial charge < -0.3 is 5.73 Å². The fourth-order valence-corrected chi connectivity index (χ4v) is 0.835. The first-order valence-electron chi connectivity index (χ1n) is 4.26. The molecule has 0 aromatic carbocycles. The predicted octanol–water partition coefficient (Wildman–Crippen LogP) is 2.62. The van der Waals surface area contributed by atoms with Crippen LogP contribution in [0.4, 0.5) is 0 Å². The lowest BCUT2D eigenvalue weighted by Crippen LogP contribution is -2.10. The molecular weight excluding hydrogens is 148 g/mol. The molecule has 0 aliphatic rings. The zero-order valence-electron chi connectivity index (χ0n) is 8.15. The minimum Gasteiger partial charge on any atom is -0.384 e. The van der Waals surface area contributed by atoms with Gasteiger partial charge in [-0.1, -0.05) is 31.1 Å². The lowest BCUT2D eigenvalue weighted by atomic mass is 10.1. The van der Waals surface area contributed by atoms with E-state index < -0.39 is 0 Å². The first-order chi connectivity index (χ1) is 5.57. The minimum absolute atomic E-state index is 0.149. The Morgan fingerprint density at radius 2 is 1.92 bits per heavy atom. The average molecular weight is 166 g/mol. The topological polar surface area (TPSA) is 49.9 Å². The monoisotopic (exact) mass is 166 g/mol. The van der Waals surface area contributed by atoms with Crippen LogP contribution in [0.2, 0.25) is 0 Å². The fraction of sp³-hybridized carbons (Fsp3) is 0.500. The second-order valence-electron chi connectivity index (χ2n) is 3.03. The summed E-state index contributed by atoms with van der Waals surface area (Å²) in [4.78, 5) is 0. The van der Waals surface area contributed by atoms with Gasteiger partial charge in [-0.3, -0.25) is 5.41 Å². The summed E-state index contributed by atoms with van der Waals surface area (Å²) in [5, 5.41) is 7.13. The smallest absolute Gasteiger partial charge is 0.118 e. The first-order valence-corrected chi connectivity index (χ1v) is 4.26. The highest BCUT2D eigenvalue weighted by Crippen LogP contribution is 2.04. The maximum absolute atomic E-state index is 7.13. The van der Waals surface area contributed by atoms with E-state index in [-0.39, 0.29) is 5.84 Å². The Bertz CT molecular complexity index is 212. The van der Waals surface area contributed by atoms with Crippen LogP contribution in [0.5, 0.6) is 0 Å². The van der Waals surface area contributed by atoms with E-state index in [0.29, 0.717) is 0 Å². The van der Waals surface area contributed by atoms with Crippen LogP contribution in [0.15, 0.2) is 23.3 Å². The normalized spacial score (nSPS) is 13.2. The number of rotatable bonds is 4. The van der Waals surface area contributed by atoms with Crippen LogP contribution < -0.4 is 5.73 Å². The van der Waals surface area contributed by atoms with Gasteiger partial charge in [-0.15, -0.1) is 0 Å². The molecule has 0 atom stereocenters. The van der Waals surface area contributed by atoms with Gasteiger partial charge in [0.1, 0.15) is 5.84 Å². The van der Waals surface area contributed by atoms with Crippen LogP contribution in [0.3, 0.4) is 0 Å². The fourth-order valence-electron chi connectivity index (χ4n) is 0.835. The molecule has 0 spiro atoms. The average Bonchev–Trinajstić information content (AvgIpc) is 2.00. The highest BCUT2D eigenvalue weighted by Gasteiger charge is 1.89. The summed E-state index contributed by atoms with van der Waals surface area (Å²) < 4.78 is 0. The molecular formula is C10H18N2. The molecule has 0 unspecified atom stereocenters. The number of nitrogens with two attached hydrogens (primary N) is 1. The van der Waals surface area contributed by atoms with Gasteiger partial charge >= 0.3 is 0 Å². The molecule has 0 fully saturated rings. The van der Waals surface area contributed by atoms with Gasteiger partial charge in [0.2, 0.25) is 0 Å². The maximum Gasteiger partial charge on any atom is 0.118 e. The SMILES string of the molecule is CCC/C(C)=C/C=C(\C)C(=N)N. The standard InChI is InChI=1S/C10H18N2/c1-4-5-8(2)6-7-9(3)10(11)12/h6-7H,4-5H2,1-3H3,(H3,11,12)/b8-6+,9-7+. The Hall–Kier alpha value is -1.05. The molecule has 0 aliphatic carbocycles. The largest absolute Gasteiger partial charge is 0.384 e. The Morgan fingerprint density at radius 1 is 1.33 bits per heavy atom. The third-order valence-electron chi connectivity index (χ3n) is 1.69. The van der Waals surface area contributed by atoms with Crippen molar-refractivity contribution in [1.29, 1.82) is 5.41 Å². The number of nitrogens with one attached hydrogen (secondary N) is 1. The molecule has 0 bridgehead atoms. The summed E-state index contributed by atoms with van der Waals surface area (Å²) in [6.45, 7) is 6.09. The van der Waals surface area contributed by atoms with Gasteiger partial charge in [0.15, 0.2) is 0 Å². The van der Waals surface area contributed by atoms with E-state index in [1.54, 1.807) is 0 Å². The summed E-state index contributed by atoms with van der Waals surface area (Å²) in [5.74, 6) is 0.149. The molecule has 3 N–H and O–H groups in total. The zero-order chi connectivity index (χ0) is 9.56. The summed E-state index contributed by atoms with van der Waals surface area (Å²) in [7, 11) is 0. The van der Waals surface area contributed by atoms with Crippen molar-refractivity contribution in [3.05, 3.63) is 23.3 Å². The molecule has 0 aliphatic heterocycles. The second-order valence-corrected chi connectivity index (χ2v) is 3.03. The van der Waals surface area contributed by atoms with Gasteiger partial charge in [0, 0.05) is 0 Å². The van der Waals surface area contributed by atoms with Crippen molar-refractivity contribution in [2.75, 3.05) is 0 Å². The van der Waals surface area contributed by atoms with E-state index in [1.165, 1.54) is 5.57 Å². The van der Waals surface area contributed by atoms with Crippen molar-refractivity contribution in [2.45, 2.75) is 33.6 Å². The van der Waals surface area contributed by atoms with Crippen LogP contribution in [-0.4, -0.2) is 5.84 Å². The Balaban J connectivity index is 4.17. The van der Waals surface area contributed by atoms with Crippen molar-refractivity contribution < 1.29 is 0 Å². The zero-order valence-corrected chi connectivity index (χ0v) is 8.15. The molecule has 0 aromatic rings. The molecule has 0 radical (unpaired) electrons.